The van der Waals surface area contributed by atoms with Gasteiger partial charge in [0.15, 0.2) is 0 Å². The molecule has 2 rings (SSSR count). The highest BCUT2D eigenvalue weighted by atomic mass is 16.3. The first-order valence-electron chi connectivity index (χ1n) is 5.32. The summed E-state index contributed by atoms with van der Waals surface area (Å²) in [4.78, 5) is 0. The number of benzene rings is 2. The zero-order chi connectivity index (χ0) is 11.5. The van der Waals surface area contributed by atoms with E-state index in [1.807, 2.05) is 24.3 Å². The molecule has 0 aromatic heterocycles. The second kappa shape index (κ2) is 4.27. The Morgan fingerprint density at radius 2 is 1.62 bits per heavy atom. The molecule has 16 heavy (non-hydrogen) atoms. The lowest BCUT2D eigenvalue weighted by Gasteiger charge is -2.06. The summed E-state index contributed by atoms with van der Waals surface area (Å²) in [5.41, 5.74) is 2.96. The molecule has 2 N–H and O–H groups in total. The van der Waals surface area contributed by atoms with E-state index in [0.717, 1.165) is 17.5 Å². The van der Waals surface area contributed by atoms with Gasteiger partial charge in [0.05, 0.1) is 0 Å². The van der Waals surface area contributed by atoms with Crippen LogP contribution in [0.3, 0.4) is 0 Å². The molecule has 0 radical (unpaired) electrons. The van der Waals surface area contributed by atoms with E-state index in [1.165, 1.54) is 11.6 Å². The Hall–Kier alpha value is -1.96. The Morgan fingerprint density at radius 3 is 2.19 bits per heavy atom. The summed E-state index contributed by atoms with van der Waals surface area (Å²) >= 11 is 0. The van der Waals surface area contributed by atoms with E-state index < -0.39 is 0 Å². The van der Waals surface area contributed by atoms with Gasteiger partial charge in [0.25, 0.3) is 0 Å². The van der Waals surface area contributed by atoms with E-state index in [9.17, 15) is 10.2 Å². The molecule has 0 heterocycles. The summed E-state index contributed by atoms with van der Waals surface area (Å²) in [6, 6.07) is 12.7. The zero-order valence-electron chi connectivity index (χ0n) is 9.14. The van der Waals surface area contributed by atoms with Crippen LogP contribution in [0.4, 0.5) is 0 Å². The first kappa shape index (κ1) is 10.6. The molecular weight excluding hydrogens is 200 g/mol. The number of phenols is 2. The lowest BCUT2D eigenvalue weighted by Crippen LogP contribution is -1.82. The van der Waals surface area contributed by atoms with E-state index in [1.54, 1.807) is 12.1 Å². The van der Waals surface area contributed by atoms with Gasteiger partial charge < -0.3 is 10.2 Å². The van der Waals surface area contributed by atoms with Crippen molar-refractivity contribution in [1.82, 2.24) is 0 Å². The van der Waals surface area contributed by atoms with E-state index in [2.05, 4.69) is 6.92 Å². The fourth-order valence-electron chi connectivity index (χ4n) is 1.68. The highest BCUT2D eigenvalue weighted by molar-refractivity contribution is 5.71. The monoisotopic (exact) mass is 214 g/mol. The van der Waals surface area contributed by atoms with Crippen LogP contribution in [0.5, 0.6) is 11.5 Å². The molecule has 0 bridgehead atoms. The maximum atomic E-state index is 9.71. The third-order valence-corrected chi connectivity index (χ3v) is 2.65. The molecule has 0 aliphatic heterocycles. The third-order valence-electron chi connectivity index (χ3n) is 2.65. The molecule has 0 aliphatic carbocycles. The molecule has 2 heteroatoms. The summed E-state index contributed by atoms with van der Waals surface area (Å²) in [6.07, 6.45) is 1.00. The molecule has 2 nitrogen and oxygen atoms in total. The predicted octanol–water partition coefficient (Wildman–Crippen LogP) is 3.33. The van der Waals surface area contributed by atoms with Crippen LogP contribution in [0.25, 0.3) is 11.1 Å². The maximum Gasteiger partial charge on any atom is 0.127 e. The van der Waals surface area contributed by atoms with Crippen LogP contribution < -0.4 is 0 Å². The number of hydrogen-bond donors (Lipinski definition) is 2. The Labute approximate surface area is 94.8 Å². The van der Waals surface area contributed by atoms with Crippen molar-refractivity contribution in [3.8, 4) is 22.6 Å². The van der Waals surface area contributed by atoms with Crippen LogP contribution in [0.15, 0.2) is 42.5 Å². The number of hydrogen-bond acceptors (Lipinski definition) is 2. The highest BCUT2D eigenvalue weighted by Crippen LogP contribution is 2.31. The molecule has 0 saturated heterocycles. The van der Waals surface area contributed by atoms with Gasteiger partial charge in [-0.1, -0.05) is 31.2 Å². The predicted molar refractivity (Wildman–Crippen MR) is 64.6 cm³/mol. The van der Waals surface area contributed by atoms with Crippen LogP contribution in [-0.2, 0) is 6.42 Å². The Balaban J connectivity index is 2.42. The topological polar surface area (TPSA) is 40.5 Å². The molecule has 2 aromatic carbocycles. The van der Waals surface area contributed by atoms with Crippen molar-refractivity contribution in [3.63, 3.8) is 0 Å². The van der Waals surface area contributed by atoms with E-state index in [4.69, 9.17) is 0 Å². The molecule has 0 unspecified atom stereocenters. The van der Waals surface area contributed by atoms with Gasteiger partial charge in [-0.25, -0.2) is 0 Å². The summed E-state index contributed by atoms with van der Waals surface area (Å²) in [7, 11) is 0. The van der Waals surface area contributed by atoms with Crippen molar-refractivity contribution in [2.75, 3.05) is 0 Å². The van der Waals surface area contributed by atoms with Gasteiger partial charge in [-0.05, 0) is 29.7 Å². The van der Waals surface area contributed by atoms with Gasteiger partial charge in [0.2, 0.25) is 0 Å². The van der Waals surface area contributed by atoms with E-state index in [0.29, 0.717) is 0 Å². The lowest BCUT2D eigenvalue weighted by molar-refractivity contribution is 0.452. The molecule has 0 spiro atoms. The number of aromatic hydroxyl groups is 2. The first-order valence-corrected chi connectivity index (χ1v) is 5.32. The summed E-state index contributed by atoms with van der Waals surface area (Å²) in [6.45, 7) is 2.10. The fourth-order valence-corrected chi connectivity index (χ4v) is 1.68. The standard InChI is InChI=1S/C14H14O2/c1-2-10-3-5-11(6-4-10)13-8-7-12(15)9-14(13)16/h3-9,15-16H,2H2,1H3. The first-order chi connectivity index (χ1) is 7.70. The van der Waals surface area contributed by atoms with Crippen molar-refractivity contribution in [2.45, 2.75) is 13.3 Å². The normalized spacial score (nSPS) is 10.3. The fraction of sp³-hybridized carbons (Fsp3) is 0.143. The zero-order valence-corrected chi connectivity index (χ0v) is 9.14. The molecule has 2 aromatic rings. The molecule has 82 valence electrons. The van der Waals surface area contributed by atoms with Gasteiger partial charge in [-0.3, -0.25) is 0 Å². The van der Waals surface area contributed by atoms with Crippen LogP contribution in [0.2, 0.25) is 0 Å². The number of aryl methyl sites for hydroxylation is 1. The second-order valence-electron chi connectivity index (χ2n) is 3.75. The quantitative estimate of drug-likeness (QED) is 0.805. The van der Waals surface area contributed by atoms with Gasteiger partial charge in [-0.2, -0.15) is 0 Å². The van der Waals surface area contributed by atoms with Crippen LogP contribution in [0, 0.1) is 0 Å². The molecule has 0 fully saturated rings. The third kappa shape index (κ3) is 2.01. The van der Waals surface area contributed by atoms with Crippen molar-refractivity contribution in [3.05, 3.63) is 48.0 Å². The van der Waals surface area contributed by atoms with Crippen molar-refractivity contribution >= 4 is 0 Å². The van der Waals surface area contributed by atoms with Crippen molar-refractivity contribution in [1.29, 1.82) is 0 Å². The second-order valence-corrected chi connectivity index (χ2v) is 3.75. The minimum Gasteiger partial charge on any atom is -0.508 e. The van der Waals surface area contributed by atoms with Crippen molar-refractivity contribution in [2.24, 2.45) is 0 Å². The van der Waals surface area contributed by atoms with Gasteiger partial charge >= 0.3 is 0 Å². The molecule has 0 aliphatic rings. The van der Waals surface area contributed by atoms with E-state index in [-0.39, 0.29) is 11.5 Å². The molecule has 0 amide bonds. The smallest absolute Gasteiger partial charge is 0.127 e. The van der Waals surface area contributed by atoms with Crippen LogP contribution in [0.1, 0.15) is 12.5 Å². The Morgan fingerprint density at radius 1 is 0.938 bits per heavy atom. The minimum absolute atomic E-state index is 0.0754. The summed E-state index contributed by atoms with van der Waals surface area (Å²) < 4.78 is 0. The van der Waals surface area contributed by atoms with Gasteiger partial charge in [0.1, 0.15) is 11.5 Å². The SMILES string of the molecule is CCc1ccc(-c2ccc(O)cc2O)cc1. The minimum atomic E-state index is 0.0754. The molecule has 0 saturated carbocycles. The average molecular weight is 214 g/mol. The van der Waals surface area contributed by atoms with E-state index >= 15 is 0 Å². The summed E-state index contributed by atoms with van der Waals surface area (Å²) in [5, 5.41) is 18.9. The molecular formula is C14H14O2. The number of phenolic OH excluding ortho intramolecular Hbond substituents is 2. The summed E-state index contributed by atoms with van der Waals surface area (Å²) in [5.74, 6) is 0.177. The lowest BCUT2D eigenvalue weighted by atomic mass is 10.0. The number of rotatable bonds is 2. The molecule has 0 atom stereocenters. The average Bonchev–Trinajstić information content (AvgIpc) is 2.29. The van der Waals surface area contributed by atoms with Gasteiger partial charge in [0, 0.05) is 11.6 Å². The Bertz CT molecular complexity index is 487. The van der Waals surface area contributed by atoms with Crippen molar-refractivity contribution < 1.29 is 10.2 Å². The largest absolute Gasteiger partial charge is 0.508 e. The maximum absolute atomic E-state index is 9.71. The highest BCUT2D eigenvalue weighted by Gasteiger charge is 2.04. The van der Waals surface area contributed by atoms with Gasteiger partial charge in [-0.15, -0.1) is 0 Å². The Kier molecular flexibility index (Phi) is 2.82. The van der Waals surface area contributed by atoms with Crippen LogP contribution >= 0.6 is 0 Å². The van der Waals surface area contributed by atoms with Crippen LogP contribution in [-0.4, -0.2) is 10.2 Å².